The Bertz CT molecular complexity index is 728. The zero-order valence-corrected chi connectivity index (χ0v) is 16.1. The summed E-state index contributed by atoms with van der Waals surface area (Å²) < 4.78 is 0. The standard InChI is InChI=1S/C16H15N3O3.K/c1-11-2-4-13(5-3-11)18-19-14-6-7-15(20)12(8-14)9-17-10-16(21)22;/h2-9,20H,10H2,1H3,(H,21,22);/q;+1/p-1. The quantitative estimate of drug-likeness (QED) is 0.444. The molecule has 0 unspecified atom stereocenters. The van der Waals surface area contributed by atoms with Gasteiger partial charge in [-0.05, 0) is 37.3 Å². The van der Waals surface area contributed by atoms with Crippen LogP contribution < -0.4 is 56.5 Å². The topological polar surface area (TPSA) is 97.4 Å². The predicted molar refractivity (Wildman–Crippen MR) is 80.9 cm³/mol. The molecular weight excluding hydrogens is 321 g/mol. The molecule has 0 spiro atoms. The number of nitrogens with zero attached hydrogens (tertiary/aromatic N) is 3. The van der Waals surface area contributed by atoms with Crippen LogP contribution in [0.1, 0.15) is 11.1 Å². The number of carboxylic acid groups (broad SMARTS) is 1. The molecule has 2 aromatic rings. The van der Waals surface area contributed by atoms with Gasteiger partial charge in [0.15, 0.2) is 0 Å². The van der Waals surface area contributed by atoms with Crippen LogP contribution in [0.4, 0.5) is 11.4 Å². The van der Waals surface area contributed by atoms with E-state index in [1.54, 1.807) is 12.1 Å². The average molecular weight is 335 g/mol. The molecule has 1 N–H and O–H groups in total. The van der Waals surface area contributed by atoms with Crippen molar-refractivity contribution in [1.82, 2.24) is 0 Å². The Labute approximate surface area is 176 Å². The number of aryl methyl sites for hydroxylation is 1. The van der Waals surface area contributed by atoms with Crippen LogP contribution >= 0.6 is 0 Å². The Hall–Kier alpha value is -1.38. The maximum atomic E-state index is 10.3. The largest absolute Gasteiger partial charge is 1.00 e. The smallest absolute Gasteiger partial charge is 0.548 e. The number of phenols is 1. The second kappa shape index (κ2) is 9.69. The zero-order chi connectivity index (χ0) is 15.9. The minimum atomic E-state index is -1.29. The van der Waals surface area contributed by atoms with E-state index in [2.05, 4.69) is 15.2 Å². The van der Waals surface area contributed by atoms with Gasteiger partial charge in [0.25, 0.3) is 0 Å². The van der Waals surface area contributed by atoms with Crippen molar-refractivity contribution in [2.45, 2.75) is 6.92 Å². The van der Waals surface area contributed by atoms with E-state index >= 15 is 0 Å². The molecule has 0 bridgehead atoms. The third-order valence-corrected chi connectivity index (χ3v) is 2.78. The number of hydrogen-bond acceptors (Lipinski definition) is 6. The Morgan fingerprint density at radius 2 is 1.74 bits per heavy atom. The molecule has 2 rings (SSSR count). The minimum Gasteiger partial charge on any atom is -0.548 e. The van der Waals surface area contributed by atoms with Crippen molar-refractivity contribution in [1.29, 1.82) is 0 Å². The zero-order valence-electron chi connectivity index (χ0n) is 12.9. The molecule has 2 aromatic carbocycles. The van der Waals surface area contributed by atoms with Crippen LogP contribution in [0.2, 0.25) is 0 Å². The van der Waals surface area contributed by atoms with Crippen molar-refractivity contribution in [2.24, 2.45) is 15.2 Å². The van der Waals surface area contributed by atoms with Gasteiger partial charge in [0.1, 0.15) is 5.75 Å². The number of aliphatic carboxylic acids is 1. The van der Waals surface area contributed by atoms with Gasteiger partial charge in [0.05, 0.1) is 23.9 Å². The predicted octanol–water partition coefficient (Wildman–Crippen LogP) is -0.711. The van der Waals surface area contributed by atoms with Gasteiger partial charge in [-0.2, -0.15) is 10.2 Å². The van der Waals surface area contributed by atoms with E-state index in [9.17, 15) is 15.0 Å². The van der Waals surface area contributed by atoms with Crippen LogP contribution in [0.25, 0.3) is 0 Å². The second-order valence-electron chi connectivity index (χ2n) is 4.62. The van der Waals surface area contributed by atoms with Crippen molar-refractivity contribution in [2.75, 3.05) is 6.54 Å². The third kappa shape index (κ3) is 6.72. The van der Waals surface area contributed by atoms with Gasteiger partial charge in [-0.15, -0.1) is 0 Å². The summed E-state index contributed by atoms with van der Waals surface area (Å²) in [5.41, 5.74) is 2.73. The monoisotopic (exact) mass is 335 g/mol. The van der Waals surface area contributed by atoms with Gasteiger partial charge in [-0.3, -0.25) is 4.99 Å². The number of benzene rings is 2. The van der Waals surface area contributed by atoms with Crippen molar-refractivity contribution < 1.29 is 66.4 Å². The van der Waals surface area contributed by atoms with E-state index in [0.29, 0.717) is 16.9 Å². The Morgan fingerprint density at radius 3 is 2.39 bits per heavy atom. The van der Waals surface area contributed by atoms with Crippen molar-refractivity contribution in [3.05, 3.63) is 53.6 Å². The third-order valence-electron chi connectivity index (χ3n) is 2.78. The molecule has 0 saturated heterocycles. The SMILES string of the molecule is Cc1ccc(N=Nc2ccc(O)c(C=NCC(=O)[O-])c2)cc1.[K+]. The Balaban J connectivity index is 0.00000264. The molecule has 7 heteroatoms. The van der Waals surface area contributed by atoms with Gasteiger partial charge in [-0.25, -0.2) is 0 Å². The summed E-state index contributed by atoms with van der Waals surface area (Å²) in [6.45, 7) is 1.52. The van der Waals surface area contributed by atoms with E-state index in [4.69, 9.17) is 0 Å². The summed E-state index contributed by atoms with van der Waals surface area (Å²) in [6.07, 6.45) is 1.26. The molecule has 0 heterocycles. The van der Waals surface area contributed by atoms with Crippen molar-refractivity contribution in [3.8, 4) is 5.75 Å². The number of hydrogen-bond donors (Lipinski definition) is 1. The number of azo groups is 1. The summed E-state index contributed by atoms with van der Waals surface area (Å²) in [5.74, 6) is -1.30. The summed E-state index contributed by atoms with van der Waals surface area (Å²) in [6, 6.07) is 12.2. The van der Waals surface area contributed by atoms with Gasteiger partial charge in [0, 0.05) is 11.8 Å². The minimum absolute atomic E-state index is 0. The van der Waals surface area contributed by atoms with E-state index in [-0.39, 0.29) is 57.1 Å². The van der Waals surface area contributed by atoms with Crippen LogP contribution in [-0.4, -0.2) is 23.8 Å². The van der Waals surface area contributed by atoms with Crippen LogP contribution in [-0.2, 0) is 4.79 Å². The number of rotatable bonds is 5. The van der Waals surface area contributed by atoms with Crippen LogP contribution in [0.3, 0.4) is 0 Å². The average Bonchev–Trinajstić information content (AvgIpc) is 2.49. The molecule has 23 heavy (non-hydrogen) atoms. The van der Waals surface area contributed by atoms with Crippen LogP contribution in [0.15, 0.2) is 57.7 Å². The molecule has 0 atom stereocenters. The van der Waals surface area contributed by atoms with Gasteiger partial charge in [0.2, 0.25) is 0 Å². The molecule has 0 radical (unpaired) electrons. The second-order valence-corrected chi connectivity index (χ2v) is 4.62. The molecule has 0 aliphatic rings. The van der Waals surface area contributed by atoms with E-state index < -0.39 is 12.5 Å². The molecule has 0 aliphatic carbocycles. The molecule has 0 fully saturated rings. The number of aliphatic imine (C=N–C) groups is 1. The van der Waals surface area contributed by atoms with Gasteiger partial charge >= 0.3 is 51.4 Å². The van der Waals surface area contributed by atoms with Crippen molar-refractivity contribution in [3.63, 3.8) is 0 Å². The summed E-state index contributed by atoms with van der Waals surface area (Å²) in [5, 5.41) is 28.2. The fourth-order valence-electron chi connectivity index (χ4n) is 1.65. The molecule has 0 amide bonds. The maximum absolute atomic E-state index is 10.3. The molecular formula is C16H14KN3O3. The molecule has 112 valence electrons. The summed E-state index contributed by atoms with van der Waals surface area (Å²) in [4.78, 5) is 14.0. The van der Waals surface area contributed by atoms with Gasteiger partial charge in [-0.1, -0.05) is 17.7 Å². The van der Waals surface area contributed by atoms with Gasteiger partial charge < -0.3 is 15.0 Å². The first-order chi connectivity index (χ1) is 10.5. The first kappa shape index (κ1) is 19.7. The number of carbonyl (C=O) groups is 1. The normalized spacial score (nSPS) is 10.8. The number of carboxylic acids is 1. The van der Waals surface area contributed by atoms with Crippen molar-refractivity contribution >= 4 is 23.6 Å². The Kier molecular flexibility index (Phi) is 8.28. The van der Waals surface area contributed by atoms with E-state index in [1.165, 1.54) is 12.3 Å². The summed E-state index contributed by atoms with van der Waals surface area (Å²) >= 11 is 0. The van der Waals surface area contributed by atoms with Crippen LogP contribution in [0, 0.1) is 6.92 Å². The van der Waals surface area contributed by atoms with E-state index in [0.717, 1.165) is 5.56 Å². The van der Waals surface area contributed by atoms with Crippen LogP contribution in [0.5, 0.6) is 5.75 Å². The Morgan fingerprint density at radius 1 is 1.13 bits per heavy atom. The van der Waals surface area contributed by atoms with E-state index in [1.807, 2.05) is 31.2 Å². The first-order valence-electron chi connectivity index (χ1n) is 6.56. The number of carbonyl (C=O) groups excluding carboxylic acids is 1. The fraction of sp³-hybridized carbons (Fsp3) is 0.125. The molecule has 0 aromatic heterocycles. The molecule has 0 aliphatic heterocycles. The molecule has 6 nitrogen and oxygen atoms in total. The summed E-state index contributed by atoms with van der Waals surface area (Å²) in [7, 11) is 0. The fourth-order valence-corrected chi connectivity index (χ4v) is 1.65. The maximum Gasteiger partial charge on any atom is 1.00 e. The number of phenolic OH excluding ortho intramolecular Hbond substituents is 1. The first-order valence-corrected chi connectivity index (χ1v) is 6.56. The molecule has 0 saturated carbocycles. The number of aromatic hydroxyl groups is 1.